The van der Waals surface area contributed by atoms with Crippen molar-refractivity contribution in [2.75, 3.05) is 5.88 Å². The lowest BCUT2D eigenvalue weighted by Gasteiger charge is -2.46. The third kappa shape index (κ3) is 3.89. The van der Waals surface area contributed by atoms with Gasteiger partial charge in [-0.3, -0.25) is 9.59 Å². The van der Waals surface area contributed by atoms with E-state index in [2.05, 4.69) is 5.32 Å². The molecule has 24 heavy (non-hydrogen) atoms. The van der Waals surface area contributed by atoms with E-state index in [0.29, 0.717) is 0 Å². The molecule has 3 rings (SSSR count). The van der Waals surface area contributed by atoms with Crippen LogP contribution in [0.4, 0.5) is 0 Å². The van der Waals surface area contributed by atoms with Crippen LogP contribution in [0.1, 0.15) is 83.5 Å². The van der Waals surface area contributed by atoms with Gasteiger partial charge in [0.1, 0.15) is 11.4 Å². The van der Waals surface area contributed by atoms with Crippen molar-refractivity contribution in [3.8, 4) is 0 Å². The Hall–Kier alpha value is -0.770. The Morgan fingerprint density at radius 3 is 2.04 bits per heavy atom. The number of alkyl halides is 1. The zero-order valence-electron chi connectivity index (χ0n) is 14.7. The first-order chi connectivity index (χ1) is 11.7. The third-order valence-corrected chi connectivity index (χ3v) is 6.28. The van der Waals surface area contributed by atoms with Gasteiger partial charge in [0.2, 0.25) is 11.8 Å². The maximum atomic E-state index is 13.3. The number of nitrogens with one attached hydrogen (secondary N) is 1. The summed E-state index contributed by atoms with van der Waals surface area (Å²) in [5, 5.41) is 3.34. The molecule has 0 aliphatic heterocycles. The lowest BCUT2D eigenvalue weighted by atomic mass is 9.78. The van der Waals surface area contributed by atoms with Crippen LogP contribution in [0.2, 0.25) is 0 Å². The fourth-order valence-electron chi connectivity index (χ4n) is 4.65. The van der Waals surface area contributed by atoms with Crippen LogP contribution in [0.25, 0.3) is 0 Å². The van der Waals surface area contributed by atoms with Crippen LogP contribution < -0.4 is 5.32 Å². The first-order valence-corrected chi connectivity index (χ1v) is 10.4. The second-order valence-corrected chi connectivity index (χ2v) is 8.15. The quantitative estimate of drug-likeness (QED) is 0.603. The second kappa shape index (κ2) is 8.07. The largest absolute Gasteiger partial charge is 0.351 e. The molecule has 0 aromatic heterocycles. The van der Waals surface area contributed by atoms with Gasteiger partial charge in [-0.2, -0.15) is 0 Å². The average Bonchev–Trinajstić information content (AvgIpc) is 3.44. The van der Waals surface area contributed by atoms with E-state index in [1.54, 1.807) is 0 Å². The SMILES string of the molecule is O=C(CCl)N(C1CC1)C1(C(=O)NC2CCCCCC2)CCCCC1. The predicted molar refractivity (Wildman–Crippen MR) is 96.0 cm³/mol. The molecule has 0 aromatic carbocycles. The van der Waals surface area contributed by atoms with Gasteiger partial charge in [0.25, 0.3) is 0 Å². The van der Waals surface area contributed by atoms with E-state index < -0.39 is 5.54 Å². The number of hydrogen-bond acceptors (Lipinski definition) is 2. The maximum Gasteiger partial charge on any atom is 0.246 e. The van der Waals surface area contributed by atoms with Crippen LogP contribution in [0.5, 0.6) is 0 Å². The molecule has 0 radical (unpaired) electrons. The molecule has 3 fully saturated rings. The number of halogens is 1. The van der Waals surface area contributed by atoms with Crippen molar-refractivity contribution in [3.05, 3.63) is 0 Å². The number of rotatable bonds is 5. The van der Waals surface area contributed by atoms with Gasteiger partial charge in [0.05, 0.1) is 0 Å². The lowest BCUT2D eigenvalue weighted by Crippen LogP contribution is -2.63. The molecule has 2 amide bonds. The van der Waals surface area contributed by atoms with Crippen LogP contribution >= 0.6 is 11.6 Å². The van der Waals surface area contributed by atoms with Gasteiger partial charge in [-0.25, -0.2) is 0 Å². The van der Waals surface area contributed by atoms with Gasteiger partial charge >= 0.3 is 0 Å². The molecule has 136 valence electrons. The van der Waals surface area contributed by atoms with Crippen molar-refractivity contribution in [2.24, 2.45) is 0 Å². The molecule has 3 saturated carbocycles. The molecule has 0 bridgehead atoms. The van der Waals surface area contributed by atoms with Gasteiger partial charge in [-0.1, -0.05) is 44.9 Å². The number of carbonyl (C=O) groups excluding carboxylic acids is 2. The lowest BCUT2D eigenvalue weighted by molar-refractivity contribution is -0.150. The van der Waals surface area contributed by atoms with Gasteiger partial charge in [-0.15, -0.1) is 11.6 Å². The number of carbonyl (C=O) groups is 2. The highest BCUT2D eigenvalue weighted by Crippen LogP contribution is 2.41. The molecule has 0 aromatic rings. The summed E-state index contributed by atoms with van der Waals surface area (Å²) in [4.78, 5) is 27.8. The molecule has 4 nitrogen and oxygen atoms in total. The summed E-state index contributed by atoms with van der Waals surface area (Å²) in [5.41, 5.74) is -0.641. The number of hydrogen-bond donors (Lipinski definition) is 1. The zero-order valence-corrected chi connectivity index (χ0v) is 15.5. The summed E-state index contributed by atoms with van der Waals surface area (Å²) in [5.74, 6) is 0.0196. The molecule has 0 heterocycles. The van der Waals surface area contributed by atoms with Crippen molar-refractivity contribution in [2.45, 2.75) is 101 Å². The predicted octanol–water partition coefficient (Wildman–Crippen LogP) is 3.76. The minimum Gasteiger partial charge on any atom is -0.351 e. The van der Waals surface area contributed by atoms with Crippen molar-refractivity contribution in [3.63, 3.8) is 0 Å². The zero-order chi connectivity index (χ0) is 17.0. The molecule has 1 N–H and O–H groups in total. The number of amides is 2. The van der Waals surface area contributed by atoms with E-state index >= 15 is 0 Å². The number of nitrogens with zero attached hydrogens (tertiary/aromatic N) is 1. The minimum atomic E-state index is -0.641. The smallest absolute Gasteiger partial charge is 0.246 e. The maximum absolute atomic E-state index is 13.3. The first-order valence-electron chi connectivity index (χ1n) is 9.86. The molecular formula is C19H31ClN2O2. The highest BCUT2D eigenvalue weighted by atomic mass is 35.5. The summed E-state index contributed by atoms with van der Waals surface area (Å²) < 4.78 is 0. The first kappa shape index (κ1) is 18.0. The van der Waals surface area contributed by atoms with Crippen molar-refractivity contribution >= 4 is 23.4 Å². The normalized spacial score (nSPS) is 24.9. The van der Waals surface area contributed by atoms with Crippen LogP contribution in [-0.4, -0.2) is 40.2 Å². The third-order valence-electron chi connectivity index (χ3n) is 6.05. The Morgan fingerprint density at radius 2 is 1.50 bits per heavy atom. The van der Waals surface area contributed by atoms with Crippen molar-refractivity contribution < 1.29 is 9.59 Å². The van der Waals surface area contributed by atoms with Gasteiger partial charge in [-0.05, 0) is 38.5 Å². The molecule has 3 aliphatic carbocycles. The Bertz CT molecular complexity index is 450. The molecule has 0 spiro atoms. The van der Waals surface area contributed by atoms with Gasteiger partial charge < -0.3 is 10.2 Å². The Kier molecular flexibility index (Phi) is 6.07. The summed E-state index contributed by atoms with van der Waals surface area (Å²) in [7, 11) is 0. The topological polar surface area (TPSA) is 49.4 Å². The van der Waals surface area contributed by atoms with E-state index in [-0.39, 0.29) is 29.8 Å². The van der Waals surface area contributed by atoms with E-state index in [1.807, 2.05) is 4.90 Å². The summed E-state index contributed by atoms with van der Waals surface area (Å²) in [6, 6.07) is 0.514. The van der Waals surface area contributed by atoms with E-state index in [1.165, 1.54) is 25.7 Å². The van der Waals surface area contributed by atoms with Crippen molar-refractivity contribution in [1.82, 2.24) is 10.2 Å². The molecule has 0 saturated heterocycles. The Morgan fingerprint density at radius 1 is 0.917 bits per heavy atom. The van der Waals surface area contributed by atoms with Crippen LogP contribution in [-0.2, 0) is 9.59 Å². The highest BCUT2D eigenvalue weighted by molar-refractivity contribution is 6.27. The average molecular weight is 355 g/mol. The van der Waals surface area contributed by atoms with E-state index in [9.17, 15) is 9.59 Å². The minimum absolute atomic E-state index is 0.0189. The second-order valence-electron chi connectivity index (χ2n) is 7.88. The fraction of sp³-hybridized carbons (Fsp3) is 0.895. The highest BCUT2D eigenvalue weighted by Gasteiger charge is 2.52. The molecule has 5 heteroatoms. The van der Waals surface area contributed by atoms with E-state index in [0.717, 1.165) is 57.8 Å². The van der Waals surface area contributed by atoms with Gasteiger partial charge in [0, 0.05) is 12.1 Å². The molecule has 0 unspecified atom stereocenters. The van der Waals surface area contributed by atoms with Crippen LogP contribution in [0.3, 0.4) is 0 Å². The van der Waals surface area contributed by atoms with Crippen molar-refractivity contribution in [1.29, 1.82) is 0 Å². The standard InChI is InChI=1S/C19H31ClN2O2/c20-14-17(23)22(16-10-11-16)19(12-6-3-7-13-19)18(24)21-15-8-4-1-2-5-9-15/h15-16H,1-14H2,(H,21,24). The molecule has 0 atom stereocenters. The van der Waals surface area contributed by atoms with Crippen LogP contribution in [0.15, 0.2) is 0 Å². The molecular weight excluding hydrogens is 324 g/mol. The Balaban J connectivity index is 1.78. The summed E-state index contributed by atoms with van der Waals surface area (Å²) in [6.45, 7) is 0. The summed E-state index contributed by atoms with van der Waals surface area (Å²) >= 11 is 5.90. The Labute approximate surface area is 150 Å². The monoisotopic (exact) mass is 354 g/mol. The summed E-state index contributed by atoms with van der Waals surface area (Å²) in [6.07, 6.45) is 13.9. The van der Waals surface area contributed by atoms with Crippen LogP contribution in [0, 0.1) is 0 Å². The van der Waals surface area contributed by atoms with Gasteiger partial charge in [0.15, 0.2) is 0 Å². The molecule has 3 aliphatic rings. The van der Waals surface area contributed by atoms with E-state index in [4.69, 9.17) is 11.6 Å². The fourth-order valence-corrected chi connectivity index (χ4v) is 4.78.